The average Bonchev–Trinajstić information content (AvgIpc) is 3.39. The molecule has 0 aliphatic heterocycles. The standard InChI is InChI=1S/C39H57F3O6/c1-24(2)32(48-35(44)38(46-7,39(40,41)42)26-11-9-8-10-12-26)16-13-25(3)29-14-15-30-34-31(18-20-37(29,30)5)36(4)19-17-28(43)21-27(36)22-33(34)47-23-45-6/h8-12,24-25,27,29-34H,13-23H2,1-7H3/t25-,27-,29-,30+,31+,32+,33-,34+,36+,37-,38-/m1/s1. The quantitative estimate of drug-likeness (QED) is 0.163. The van der Waals surface area contributed by atoms with Crippen molar-refractivity contribution in [2.45, 2.75) is 123 Å². The minimum atomic E-state index is -5.00. The number of benzene rings is 1. The molecule has 6 nitrogen and oxygen atoms in total. The summed E-state index contributed by atoms with van der Waals surface area (Å²) in [5.41, 5.74) is -3.22. The SMILES string of the molecule is COCO[C@@H]1C[C@H]2CC(=O)CC[C@]2(C)[C@H]2CC[C@]3(C)[C@@H]([C@H](C)CC[C@H](OC(=O)[C@](OC)(c4ccccc4)C(F)(F)F)C(C)C)CC[C@H]3[C@H]12. The Bertz CT molecular complexity index is 1270. The van der Waals surface area contributed by atoms with Crippen molar-refractivity contribution in [1.82, 2.24) is 0 Å². The zero-order valence-corrected chi connectivity index (χ0v) is 29.9. The number of carbonyl (C=O) groups is 2. The normalized spacial score (nSPS) is 36.0. The molecule has 0 N–H and O–H groups in total. The Morgan fingerprint density at radius 1 is 0.958 bits per heavy atom. The van der Waals surface area contributed by atoms with E-state index in [0.717, 1.165) is 52.1 Å². The van der Waals surface area contributed by atoms with E-state index in [1.54, 1.807) is 13.2 Å². The third-order valence-corrected chi connectivity index (χ3v) is 13.7. The molecule has 0 unspecified atom stereocenters. The minimum absolute atomic E-state index is 0.0710. The van der Waals surface area contributed by atoms with E-state index in [1.165, 1.54) is 24.3 Å². The van der Waals surface area contributed by atoms with Gasteiger partial charge in [0.2, 0.25) is 0 Å². The van der Waals surface area contributed by atoms with E-state index in [1.807, 2.05) is 13.8 Å². The van der Waals surface area contributed by atoms with Crippen molar-refractivity contribution in [3.05, 3.63) is 35.9 Å². The van der Waals surface area contributed by atoms with E-state index >= 15 is 0 Å². The summed E-state index contributed by atoms with van der Waals surface area (Å²) in [5, 5.41) is 0. The first-order chi connectivity index (χ1) is 22.6. The van der Waals surface area contributed by atoms with Gasteiger partial charge >= 0.3 is 12.1 Å². The summed E-state index contributed by atoms with van der Waals surface area (Å²) < 4.78 is 66.3. The van der Waals surface area contributed by atoms with Gasteiger partial charge in [-0.15, -0.1) is 0 Å². The fourth-order valence-electron chi connectivity index (χ4n) is 11.1. The van der Waals surface area contributed by atoms with Gasteiger partial charge in [0, 0.05) is 32.6 Å². The molecule has 48 heavy (non-hydrogen) atoms. The van der Waals surface area contributed by atoms with Crippen molar-refractivity contribution in [3.63, 3.8) is 0 Å². The molecule has 0 bridgehead atoms. The van der Waals surface area contributed by atoms with Crippen LogP contribution in [-0.2, 0) is 34.1 Å². The number of carbonyl (C=O) groups excluding carboxylic acids is 2. The topological polar surface area (TPSA) is 71.1 Å². The zero-order valence-electron chi connectivity index (χ0n) is 29.9. The molecule has 0 heterocycles. The minimum Gasteiger partial charge on any atom is -0.459 e. The molecule has 4 saturated carbocycles. The number of ether oxygens (including phenoxy) is 4. The predicted octanol–water partition coefficient (Wildman–Crippen LogP) is 8.90. The third kappa shape index (κ3) is 6.50. The van der Waals surface area contributed by atoms with Crippen LogP contribution in [0, 0.1) is 52.3 Å². The average molecular weight is 679 g/mol. The Morgan fingerprint density at radius 3 is 2.27 bits per heavy atom. The summed E-state index contributed by atoms with van der Waals surface area (Å²) in [6, 6.07) is 7.02. The van der Waals surface area contributed by atoms with Crippen LogP contribution >= 0.6 is 0 Å². The number of esters is 1. The summed E-state index contributed by atoms with van der Waals surface area (Å²) in [6.07, 6.45) is 3.31. The van der Waals surface area contributed by atoms with Crippen LogP contribution in [0.15, 0.2) is 30.3 Å². The Morgan fingerprint density at radius 2 is 1.65 bits per heavy atom. The molecule has 0 spiro atoms. The van der Waals surface area contributed by atoms with Crippen molar-refractivity contribution in [3.8, 4) is 0 Å². The highest BCUT2D eigenvalue weighted by atomic mass is 19.4. The largest absolute Gasteiger partial charge is 0.459 e. The first-order valence-corrected chi connectivity index (χ1v) is 18.1. The molecule has 0 saturated heterocycles. The first-order valence-electron chi connectivity index (χ1n) is 18.1. The molecular formula is C39H57F3O6. The second-order valence-electron chi connectivity index (χ2n) is 16.3. The van der Waals surface area contributed by atoms with Crippen molar-refractivity contribution < 1.29 is 41.7 Å². The lowest BCUT2D eigenvalue weighted by molar-refractivity contribution is -0.279. The zero-order chi connectivity index (χ0) is 35.1. The number of fused-ring (bicyclic) bond motifs is 5. The number of ketones is 1. The van der Waals surface area contributed by atoms with Gasteiger partial charge in [0.25, 0.3) is 5.60 Å². The van der Waals surface area contributed by atoms with Crippen molar-refractivity contribution in [2.75, 3.05) is 21.0 Å². The van der Waals surface area contributed by atoms with Crippen LogP contribution < -0.4 is 0 Å². The molecule has 5 rings (SSSR count). The highest BCUT2D eigenvalue weighted by Gasteiger charge is 2.65. The molecule has 1 aromatic carbocycles. The summed E-state index contributed by atoms with van der Waals surface area (Å²) in [6.45, 7) is 11.2. The Hall–Kier alpha value is -1.97. The van der Waals surface area contributed by atoms with Gasteiger partial charge in [-0.3, -0.25) is 4.79 Å². The van der Waals surface area contributed by atoms with Gasteiger partial charge in [-0.05, 0) is 104 Å². The Balaban J connectivity index is 1.31. The van der Waals surface area contributed by atoms with Gasteiger partial charge in [0.15, 0.2) is 0 Å². The number of Topliss-reactive ketones (excluding diaryl/α,β-unsaturated/α-hetero) is 1. The first kappa shape index (κ1) is 37.3. The van der Waals surface area contributed by atoms with E-state index < -0.39 is 23.9 Å². The van der Waals surface area contributed by atoms with Crippen molar-refractivity contribution in [1.29, 1.82) is 0 Å². The number of alkyl halides is 3. The van der Waals surface area contributed by atoms with Crippen LogP contribution in [-0.4, -0.2) is 51.1 Å². The van der Waals surface area contributed by atoms with Gasteiger partial charge < -0.3 is 18.9 Å². The highest BCUT2D eigenvalue weighted by molar-refractivity contribution is 5.83. The van der Waals surface area contributed by atoms with Gasteiger partial charge in [-0.1, -0.05) is 65.0 Å². The Labute approximate surface area is 285 Å². The number of hydrogen-bond acceptors (Lipinski definition) is 6. The van der Waals surface area contributed by atoms with E-state index in [4.69, 9.17) is 18.9 Å². The number of methoxy groups -OCH3 is 2. The van der Waals surface area contributed by atoms with Gasteiger partial charge in [0.1, 0.15) is 18.7 Å². The fraction of sp³-hybridized carbons (Fsp3) is 0.795. The van der Waals surface area contributed by atoms with Crippen LogP contribution in [0.1, 0.15) is 104 Å². The maximum Gasteiger partial charge on any atom is 0.432 e. The van der Waals surface area contributed by atoms with Crippen LogP contribution in [0.4, 0.5) is 13.2 Å². The molecule has 1 aromatic rings. The van der Waals surface area contributed by atoms with Crippen LogP contribution in [0.2, 0.25) is 0 Å². The summed E-state index contributed by atoms with van der Waals surface area (Å²) in [7, 11) is 2.57. The monoisotopic (exact) mass is 678 g/mol. The molecule has 0 radical (unpaired) electrons. The number of halogens is 3. The molecule has 4 aliphatic rings. The number of hydrogen-bond donors (Lipinski definition) is 0. The molecule has 11 atom stereocenters. The lowest BCUT2D eigenvalue weighted by Crippen LogP contribution is -2.59. The van der Waals surface area contributed by atoms with Crippen molar-refractivity contribution in [2.24, 2.45) is 52.3 Å². The molecule has 0 aromatic heterocycles. The summed E-state index contributed by atoms with van der Waals surface area (Å²) >= 11 is 0. The van der Waals surface area contributed by atoms with E-state index in [0.29, 0.717) is 60.6 Å². The lowest BCUT2D eigenvalue weighted by atomic mass is 9.43. The molecule has 270 valence electrons. The molecule has 9 heteroatoms. The van der Waals surface area contributed by atoms with Gasteiger partial charge in [0.05, 0.1) is 6.10 Å². The lowest BCUT2D eigenvalue weighted by Gasteiger charge is -2.62. The molecule has 0 amide bonds. The van der Waals surface area contributed by atoms with Gasteiger partial charge in [-0.2, -0.15) is 13.2 Å². The molecule has 4 aliphatic carbocycles. The maximum atomic E-state index is 14.6. The Kier molecular flexibility index (Phi) is 11.1. The molecule has 4 fully saturated rings. The van der Waals surface area contributed by atoms with Crippen molar-refractivity contribution >= 4 is 11.8 Å². The summed E-state index contributed by atoms with van der Waals surface area (Å²) in [4.78, 5) is 26.0. The van der Waals surface area contributed by atoms with Crippen LogP contribution in [0.3, 0.4) is 0 Å². The van der Waals surface area contributed by atoms with Crippen LogP contribution in [0.5, 0.6) is 0 Å². The highest BCUT2D eigenvalue weighted by Crippen LogP contribution is 2.68. The van der Waals surface area contributed by atoms with E-state index in [2.05, 4.69) is 20.8 Å². The fourth-order valence-corrected chi connectivity index (χ4v) is 11.1. The predicted molar refractivity (Wildman–Crippen MR) is 177 cm³/mol. The third-order valence-electron chi connectivity index (χ3n) is 13.7. The second-order valence-corrected chi connectivity index (χ2v) is 16.3. The molecular weight excluding hydrogens is 621 g/mol. The van der Waals surface area contributed by atoms with Gasteiger partial charge in [-0.25, -0.2) is 4.79 Å². The second kappa shape index (κ2) is 14.3. The smallest absolute Gasteiger partial charge is 0.432 e. The van der Waals surface area contributed by atoms with E-state index in [9.17, 15) is 22.8 Å². The summed E-state index contributed by atoms with van der Waals surface area (Å²) in [5.74, 6) is 1.34. The maximum absolute atomic E-state index is 14.6. The number of rotatable bonds is 12. The van der Waals surface area contributed by atoms with E-state index in [-0.39, 0.29) is 35.2 Å². The van der Waals surface area contributed by atoms with Crippen LogP contribution in [0.25, 0.3) is 0 Å².